The van der Waals surface area contributed by atoms with Crippen molar-refractivity contribution in [3.63, 3.8) is 0 Å². The Kier molecular flexibility index (Phi) is 5.71. The standard InChI is InChI=1S/C21H22F3N5O2/c22-21(23,24)7-5-19(30)25-11-13-3-4-15-16(10-13)28-18(27-15)12-26-20(31)14-6-9-29-8-1-2-17(14)29/h3-4,6,9-10H,1-2,5,7-8,11-12H2,(H,25,30)(H,26,31)(H,27,28). The number of imidazole rings is 1. The molecule has 31 heavy (non-hydrogen) atoms. The molecule has 1 aromatic carbocycles. The maximum atomic E-state index is 12.5. The smallest absolute Gasteiger partial charge is 0.352 e. The second-order valence-electron chi connectivity index (χ2n) is 7.58. The number of nitrogens with zero attached hydrogens (tertiary/aromatic N) is 2. The number of hydrogen-bond donors (Lipinski definition) is 3. The van der Waals surface area contributed by atoms with Gasteiger partial charge in [-0.25, -0.2) is 4.98 Å². The van der Waals surface area contributed by atoms with Gasteiger partial charge in [0.1, 0.15) is 5.82 Å². The maximum Gasteiger partial charge on any atom is 0.389 e. The van der Waals surface area contributed by atoms with Crippen LogP contribution in [0.3, 0.4) is 0 Å². The van der Waals surface area contributed by atoms with Crippen LogP contribution >= 0.6 is 0 Å². The fourth-order valence-corrected chi connectivity index (χ4v) is 3.72. The molecule has 0 unspecified atom stereocenters. The van der Waals surface area contributed by atoms with Crippen molar-refractivity contribution in [1.29, 1.82) is 0 Å². The third-order valence-corrected chi connectivity index (χ3v) is 5.27. The molecule has 2 amide bonds. The summed E-state index contributed by atoms with van der Waals surface area (Å²) in [5.41, 5.74) is 3.90. The van der Waals surface area contributed by atoms with Gasteiger partial charge in [0.05, 0.1) is 29.6 Å². The molecule has 2 aromatic heterocycles. The Bertz CT molecular complexity index is 1120. The lowest BCUT2D eigenvalue weighted by atomic mass is 10.2. The summed E-state index contributed by atoms with van der Waals surface area (Å²) >= 11 is 0. The van der Waals surface area contributed by atoms with E-state index in [1.54, 1.807) is 18.2 Å². The number of aromatic nitrogens is 3. The monoisotopic (exact) mass is 433 g/mol. The predicted molar refractivity (Wildman–Crippen MR) is 107 cm³/mol. The summed E-state index contributed by atoms with van der Waals surface area (Å²) in [6.45, 7) is 1.30. The first-order valence-electron chi connectivity index (χ1n) is 10.1. The molecule has 1 aliphatic heterocycles. The van der Waals surface area contributed by atoms with Crippen molar-refractivity contribution in [1.82, 2.24) is 25.2 Å². The van der Waals surface area contributed by atoms with Crippen LogP contribution in [0, 0.1) is 0 Å². The van der Waals surface area contributed by atoms with E-state index >= 15 is 0 Å². The lowest BCUT2D eigenvalue weighted by molar-refractivity contribution is -0.144. The zero-order valence-electron chi connectivity index (χ0n) is 16.7. The van der Waals surface area contributed by atoms with Crippen LogP contribution in [0.25, 0.3) is 11.0 Å². The third kappa shape index (κ3) is 5.07. The molecule has 0 atom stereocenters. The molecule has 0 saturated heterocycles. The summed E-state index contributed by atoms with van der Waals surface area (Å²) in [6, 6.07) is 7.12. The number of aromatic amines is 1. The first kappa shape index (κ1) is 21.0. The van der Waals surface area contributed by atoms with Gasteiger partial charge in [-0.05, 0) is 36.6 Å². The molecule has 0 radical (unpaired) electrons. The van der Waals surface area contributed by atoms with Crippen molar-refractivity contribution in [2.45, 2.75) is 51.5 Å². The first-order chi connectivity index (χ1) is 14.8. The summed E-state index contributed by atoms with van der Waals surface area (Å²) in [5.74, 6) is -0.202. The Morgan fingerprint density at radius 3 is 2.81 bits per heavy atom. The van der Waals surface area contributed by atoms with Crippen LogP contribution in [0.4, 0.5) is 13.2 Å². The van der Waals surface area contributed by atoms with Crippen molar-refractivity contribution in [3.05, 3.63) is 53.1 Å². The van der Waals surface area contributed by atoms with E-state index in [-0.39, 0.29) is 19.0 Å². The fraction of sp³-hybridized carbons (Fsp3) is 0.381. The van der Waals surface area contributed by atoms with Gasteiger partial charge in [-0.3, -0.25) is 9.59 Å². The number of H-pyrrole nitrogens is 1. The van der Waals surface area contributed by atoms with Crippen LogP contribution in [0.2, 0.25) is 0 Å². The summed E-state index contributed by atoms with van der Waals surface area (Å²) in [4.78, 5) is 31.6. The second-order valence-corrected chi connectivity index (χ2v) is 7.58. The first-order valence-corrected chi connectivity index (χ1v) is 10.1. The average molecular weight is 433 g/mol. The SMILES string of the molecule is O=C(CCC(F)(F)F)NCc1ccc2nc(CNC(=O)c3ccn4c3CCC4)[nH]c2c1. The van der Waals surface area contributed by atoms with E-state index in [0.717, 1.165) is 36.2 Å². The van der Waals surface area contributed by atoms with Crippen molar-refractivity contribution in [3.8, 4) is 0 Å². The Morgan fingerprint density at radius 1 is 1.16 bits per heavy atom. The van der Waals surface area contributed by atoms with Gasteiger partial charge in [0.25, 0.3) is 5.91 Å². The van der Waals surface area contributed by atoms with Crippen LogP contribution in [-0.4, -0.2) is 32.5 Å². The van der Waals surface area contributed by atoms with Gasteiger partial charge in [-0.15, -0.1) is 0 Å². The van der Waals surface area contributed by atoms with E-state index in [1.165, 1.54) is 0 Å². The molecule has 3 aromatic rings. The second kappa shape index (κ2) is 8.44. The van der Waals surface area contributed by atoms with Crippen molar-refractivity contribution >= 4 is 22.8 Å². The number of aryl methyl sites for hydroxylation is 1. The molecule has 0 fully saturated rings. The summed E-state index contributed by atoms with van der Waals surface area (Å²) in [7, 11) is 0. The van der Waals surface area contributed by atoms with E-state index in [4.69, 9.17) is 0 Å². The minimum absolute atomic E-state index is 0.123. The number of benzene rings is 1. The van der Waals surface area contributed by atoms with E-state index in [9.17, 15) is 22.8 Å². The number of alkyl halides is 3. The van der Waals surface area contributed by atoms with Crippen LogP contribution in [0.15, 0.2) is 30.5 Å². The Morgan fingerprint density at radius 2 is 2.00 bits per heavy atom. The summed E-state index contributed by atoms with van der Waals surface area (Å²) in [5, 5.41) is 5.36. The molecule has 164 valence electrons. The maximum absolute atomic E-state index is 12.5. The molecule has 3 heterocycles. The normalized spacial score (nSPS) is 13.4. The lowest BCUT2D eigenvalue weighted by Crippen LogP contribution is -2.24. The number of amides is 2. The topological polar surface area (TPSA) is 91.8 Å². The van der Waals surface area contributed by atoms with E-state index in [0.29, 0.717) is 16.9 Å². The molecule has 0 aliphatic carbocycles. The highest BCUT2D eigenvalue weighted by Crippen LogP contribution is 2.22. The van der Waals surface area contributed by atoms with Crippen LogP contribution in [0.5, 0.6) is 0 Å². The quantitative estimate of drug-likeness (QED) is 0.534. The van der Waals surface area contributed by atoms with E-state index in [2.05, 4.69) is 25.2 Å². The molecular weight excluding hydrogens is 411 g/mol. The van der Waals surface area contributed by atoms with Gasteiger partial charge in [0.2, 0.25) is 5.91 Å². The van der Waals surface area contributed by atoms with Gasteiger partial charge in [-0.1, -0.05) is 6.07 Å². The molecule has 1 aliphatic rings. The number of carbonyl (C=O) groups is 2. The van der Waals surface area contributed by atoms with Gasteiger partial charge >= 0.3 is 6.18 Å². The lowest BCUT2D eigenvalue weighted by Gasteiger charge is -2.07. The Labute approximate surface area is 176 Å². The molecule has 7 nitrogen and oxygen atoms in total. The zero-order valence-corrected chi connectivity index (χ0v) is 16.7. The van der Waals surface area contributed by atoms with Crippen molar-refractivity contribution in [2.24, 2.45) is 0 Å². The molecule has 0 saturated carbocycles. The number of fused-ring (bicyclic) bond motifs is 2. The number of nitrogens with one attached hydrogen (secondary N) is 3. The van der Waals surface area contributed by atoms with Gasteiger partial charge in [0, 0.05) is 31.4 Å². The highest BCUT2D eigenvalue weighted by molar-refractivity contribution is 5.95. The summed E-state index contributed by atoms with van der Waals surface area (Å²) < 4.78 is 38.7. The third-order valence-electron chi connectivity index (χ3n) is 5.27. The van der Waals surface area contributed by atoms with Gasteiger partial charge in [0.15, 0.2) is 0 Å². The van der Waals surface area contributed by atoms with Gasteiger partial charge < -0.3 is 20.2 Å². The van der Waals surface area contributed by atoms with Crippen LogP contribution < -0.4 is 10.6 Å². The minimum atomic E-state index is -4.35. The number of carbonyl (C=O) groups excluding carboxylic acids is 2. The minimum Gasteiger partial charge on any atom is -0.352 e. The molecule has 3 N–H and O–H groups in total. The molecule has 0 spiro atoms. The average Bonchev–Trinajstić information content (AvgIpc) is 3.42. The van der Waals surface area contributed by atoms with Crippen LogP contribution in [-0.2, 0) is 30.8 Å². The number of hydrogen-bond acceptors (Lipinski definition) is 3. The molecule has 0 bridgehead atoms. The Balaban J connectivity index is 1.33. The largest absolute Gasteiger partial charge is 0.389 e. The zero-order chi connectivity index (χ0) is 22.0. The Hall–Kier alpha value is -3.30. The molecule has 10 heteroatoms. The van der Waals surface area contributed by atoms with E-state index in [1.807, 2.05) is 12.3 Å². The molecular formula is C21H22F3N5O2. The van der Waals surface area contributed by atoms with Crippen molar-refractivity contribution in [2.75, 3.05) is 0 Å². The number of rotatable bonds is 7. The molecule has 4 rings (SSSR count). The summed E-state index contributed by atoms with van der Waals surface area (Å²) in [6.07, 6.45) is -2.20. The fourth-order valence-electron chi connectivity index (χ4n) is 3.72. The highest BCUT2D eigenvalue weighted by atomic mass is 19.4. The van der Waals surface area contributed by atoms with Gasteiger partial charge in [-0.2, -0.15) is 13.2 Å². The van der Waals surface area contributed by atoms with Crippen molar-refractivity contribution < 1.29 is 22.8 Å². The predicted octanol–water partition coefficient (Wildman–Crippen LogP) is 3.20. The number of halogens is 3. The van der Waals surface area contributed by atoms with E-state index < -0.39 is 24.9 Å². The van der Waals surface area contributed by atoms with Crippen LogP contribution in [0.1, 0.15) is 46.7 Å². The highest BCUT2D eigenvalue weighted by Gasteiger charge is 2.27.